The fourth-order valence-corrected chi connectivity index (χ4v) is 2.54. The molecule has 0 bridgehead atoms. The Balaban J connectivity index is 2.24. The monoisotopic (exact) mass is 301 g/mol. The van der Waals surface area contributed by atoms with Crippen LogP contribution in [0.5, 0.6) is 0 Å². The molecular formula is C16H13ClFN3. The van der Waals surface area contributed by atoms with E-state index in [9.17, 15) is 4.39 Å². The van der Waals surface area contributed by atoms with Gasteiger partial charge in [0.05, 0.1) is 21.8 Å². The fraction of sp³-hybridized carbons (Fsp3) is 0.0625. The van der Waals surface area contributed by atoms with E-state index < -0.39 is 5.82 Å². The van der Waals surface area contributed by atoms with E-state index in [1.54, 1.807) is 12.1 Å². The number of aromatic nitrogens is 2. The van der Waals surface area contributed by atoms with Crippen LogP contribution >= 0.6 is 11.6 Å². The maximum Gasteiger partial charge on any atom is 0.153 e. The van der Waals surface area contributed by atoms with Gasteiger partial charge in [0.1, 0.15) is 5.82 Å². The summed E-state index contributed by atoms with van der Waals surface area (Å²) in [5.74, 6) is -0.104. The molecular weight excluding hydrogens is 289 g/mol. The van der Waals surface area contributed by atoms with Crippen molar-refractivity contribution in [1.82, 2.24) is 10.2 Å². The van der Waals surface area contributed by atoms with Crippen molar-refractivity contribution < 1.29 is 4.39 Å². The number of nitrogens with one attached hydrogen (secondary N) is 1. The molecule has 3 nitrogen and oxygen atoms in total. The molecule has 0 aliphatic carbocycles. The highest BCUT2D eigenvalue weighted by Crippen LogP contribution is 2.38. The number of nitrogens with zero attached hydrogens (tertiary/aromatic N) is 1. The molecule has 0 radical (unpaired) electrons. The van der Waals surface area contributed by atoms with Gasteiger partial charge in [-0.05, 0) is 24.6 Å². The molecule has 0 saturated carbocycles. The topological polar surface area (TPSA) is 54.7 Å². The van der Waals surface area contributed by atoms with Gasteiger partial charge in [0.2, 0.25) is 0 Å². The Bertz CT molecular complexity index is 774. The molecule has 0 amide bonds. The molecule has 0 aliphatic rings. The fourth-order valence-electron chi connectivity index (χ4n) is 2.29. The second kappa shape index (κ2) is 5.22. The number of halogens is 2. The first-order valence-corrected chi connectivity index (χ1v) is 6.81. The zero-order chi connectivity index (χ0) is 15.0. The number of aryl methyl sites for hydroxylation is 1. The Morgan fingerprint density at radius 2 is 1.81 bits per heavy atom. The molecule has 0 unspecified atom stereocenters. The minimum Gasteiger partial charge on any atom is -0.382 e. The van der Waals surface area contributed by atoms with E-state index in [1.165, 1.54) is 6.07 Å². The first kappa shape index (κ1) is 13.6. The molecule has 1 aromatic heterocycles. The van der Waals surface area contributed by atoms with Gasteiger partial charge in [0.25, 0.3) is 0 Å². The number of anilines is 1. The quantitative estimate of drug-likeness (QED) is 0.736. The van der Waals surface area contributed by atoms with E-state index in [0.29, 0.717) is 22.1 Å². The van der Waals surface area contributed by atoms with Gasteiger partial charge in [-0.2, -0.15) is 5.10 Å². The maximum absolute atomic E-state index is 14.1. The number of H-pyrrole nitrogens is 1. The third kappa shape index (κ3) is 2.38. The van der Waals surface area contributed by atoms with Gasteiger partial charge in [-0.1, -0.05) is 47.5 Å². The molecule has 3 aromatic rings. The van der Waals surface area contributed by atoms with E-state index in [4.69, 9.17) is 17.3 Å². The standard InChI is InChI=1S/C16H13ClFN3/c1-9-5-7-10(8-6-9)13-15(20-21-16(13)19)14-11(17)3-2-4-12(14)18/h2-8H,1H3,(H3,19,20,21). The Kier molecular flexibility index (Phi) is 3.39. The lowest BCUT2D eigenvalue weighted by Crippen LogP contribution is -1.91. The molecule has 0 fully saturated rings. The average Bonchev–Trinajstić information content (AvgIpc) is 2.82. The van der Waals surface area contributed by atoms with Gasteiger partial charge >= 0.3 is 0 Å². The predicted octanol–water partition coefficient (Wildman–Crippen LogP) is 4.43. The van der Waals surface area contributed by atoms with Crippen LogP contribution in [0, 0.1) is 12.7 Å². The van der Waals surface area contributed by atoms with Crippen molar-refractivity contribution >= 4 is 17.4 Å². The molecule has 0 spiro atoms. The Morgan fingerprint density at radius 3 is 2.48 bits per heavy atom. The minimum atomic E-state index is -0.417. The minimum absolute atomic E-state index is 0.277. The molecule has 0 aliphatic heterocycles. The lowest BCUT2D eigenvalue weighted by atomic mass is 9.99. The van der Waals surface area contributed by atoms with E-state index in [-0.39, 0.29) is 5.56 Å². The van der Waals surface area contributed by atoms with Crippen LogP contribution < -0.4 is 5.73 Å². The SMILES string of the molecule is Cc1ccc(-c2c(N)n[nH]c2-c2c(F)cccc2Cl)cc1. The Hall–Kier alpha value is -2.33. The Morgan fingerprint density at radius 1 is 1.10 bits per heavy atom. The van der Waals surface area contributed by atoms with Crippen LogP contribution in [0.15, 0.2) is 42.5 Å². The van der Waals surface area contributed by atoms with Crippen molar-refractivity contribution in [3.8, 4) is 22.4 Å². The van der Waals surface area contributed by atoms with E-state index in [2.05, 4.69) is 10.2 Å². The van der Waals surface area contributed by atoms with Crippen molar-refractivity contribution in [2.45, 2.75) is 6.92 Å². The Labute approximate surface area is 126 Å². The van der Waals surface area contributed by atoms with Gasteiger partial charge in [0.15, 0.2) is 5.82 Å². The largest absolute Gasteiger partial charge is 0.382 e. The van der Waals surface area contributed by atoms with E-state index in [0.717, 1.165) is 11.1 Å². The molecule has 0 atom stereocenters. The number of aromatic amines is 1. The summed E-state index contributed by atoms with van der Waals surface area (Å²) in [6.07, 6.45) is 0. The van der Waals surface area contributed by atoms with Crippen molar-refractivity contribution in [2.75, 3.05) is 5.73 Å². The van der Waals surface area contributed by atoms with E-state index in [1.807, 2.05) is 31.2 Å². The average molecular weight is 302 g/mol. The van der Waals surface area contributed by atoms with Crippen molar-refractivity contribution in [3.05, 3.63) is 58.9 Å². The smallest absolute Gasteiger partial charge is 0.153 e. The first-order chi connectivity index (χ1) is 10.1. The summed E-state index contributed by atoms with van der Waals surface area (Å²) in [6.45, 7) is 2.00. The third-order valence-corrected chi connectivity index (χ3v) is 3.66. The number of hydrogen-bond acceptors (Lipinski definition) is 2. The molecule has 106 valence electrons. The first-order valence-electron chi connectivity index (χ1n) is 6.43. The van der Waals surface area contributed by atoms with Crippen LogP contribution in [-0.4, -0.2) is 10.2 Å². The van der Waals surface area contributed by atoms with Crippen molar-refractivity contribution in [1.29, 1.82) is 0 Å². The van der Waals surface area contributed by atoms with Crippen LogP contribution in [0.25, 0.3) is 22.4 Å². The normalized spacial score (nSPS) is 10.8. The molecule has 2 aromatic carbocycles. The second-order valence-electron chi connectivity index (χ2n) is 4.82. The summed E-state index contributed by atoms with van der Waals surface area (Å²) < 4.78 is 14.1. The number of rotatable bonds is 2. The zero-order valence-corrected chi connectivity index (χ0v) is 12.1. The summed E-state index contributed by atoms with van der Waals surface area (Å²) in [5.41, 5.74) is 9.35. The highest BCUT2D eigenvalue weighted by molar-refractivity contribution is 6.33. The van der Waals surface area contributed by atoms with Crippen molar-refractivity contribution in [2.24, 2.45) is 0 Å². The lowest BCUT2D eigenvalue weighted by molar-refractivity contribution is 0.631. The summed E-state index contributed by atoms with van der Waals surface area (Å²) in [5, 5.41) is 7.10. The van der Waals surface area contributed by atoms with E-state index >= 15 is 0 Å². The van der Waals surface area contributed by atoms with Crippen LogP contribution in [0.2, 0.25) is 5.02 Å². The van der Waals surface area contributed by atoms with Gasteiger partial charge < -0.3 is 5.73 Å². The molecule has 3 N–H and O–H groups in total. The van der Waals surface area contributed by atoms with Crippen LogP contribution in [0.4, 0.5) is 10.2 Å². The number of benzene rings is 2. The number of nitrogen functional groups attached to an aromatic ring is 1. The van der Waals surface area contributed by atoms with Crippen LogP contribution in [-0.2, 0) is 0 Å². The van der Waals surface area contributed by atoms with Gasteiger partial charge in [-0.3, -0.25) is 5.10 Å². The molecule has 5 heteroatoms. The van der Waals surface area contributed by atoms with Gasteiger partial charge in [0, 0.05) is 0 Å². The highest BCUT2D eigenvalue weighted by atomic mass is 35.5. The third-order valence-electron chi connectivity index (χ3n) is 3.35. The van der Waals surface area contributed by atoms with Crippen molar-refractivity contribution in [3.63, 3.8) is 0 Å². The second-order valence-corrected chi connectivity index (χ2v) is 5.23. The number of nitrogens with two attached hydrogens (primary N) is 1. The highest BCUT2D eigenvalue weighted by Gasteiger charge is 2.19. The zero-order valence-electron chi connectivity index (χ0n) is 11.3. The van der Waals surface area contributed by atoms with Gasteiger partial charge in [-0.25, -0.2) is 4.39 Å². The summed E-state index contributed by atoms with van der Waals surface area (Å²) in [6, 6.07) is 12.3. The van der Waals surface area contributed by atoms with Crippen LogP contribution in [0.3, 0.4) is 0 Å². The summed E-state index contributed by atoms with van der Waals surface area (Å²) in [4.78, 5) is 0. The predicted molar refractivity (Wildman–Crippen MR) is 83.6 cm³/mol. The molecule has 21 heavy (non-hydrogen) atoms. The number of hydrogen-bond donors (Lipinski definition) is 2. The molecule has 1 heterocycles. The van der Waals surface area contributed by atoms with Crippen LogP contribution in [0.1, 0.15) is 5.56 Å². The van der Waals surface area contributed by atoms with Gasteiger partial charge in [-0.15, -0.1) is 0 Å². The summed E-state index contributed by atoms with van der Waals surface area (Å²) >= 11 is 6.13. The molecule has 3 rings (SSSR count). The summed E-state index contributed by atoms with van der Waals surface area (Å²) in [7, 11) is 0. The maximum atomic E-state index is 14.1. The lowest BCUT2D eigenvalue weighted by Gasteiger charge is -2.08. The molecule has 0 saturated heterocycles.